The molecule has 1 amide bonds. The van der Waals surface area contributed by atoms with E-state index in [1.165, 1.54) is 0 Å². The summed E-state index contributed by atoms with van der Waals surface area (Å²) in [6.45, 7) is -6.35. The van der Waals surface area contributed by atoms with Crippen LogP contribution >= 0.6 is 62.6 Å². The lowest BCUT2D eigenvalue weighted by Crippen LogP contribution is -2.64. The van der Waals surface area contributed by atoms with E-state index >= 15 is 0 Å². The molecule has 0 aromatic carbocycles. The number of phosphoric ester groups is 8. The molecule has 0 radical (unpaired) electrons. The molecule has 12 rings (SSSR count). The van der Waals surface area contributed by atoms with E-state index in [-0.39, 0.29) is 0 Å². The lowest BCUT2D eigenvalue weighted by molar-refractivity contribution is -0.306. The van der Waals surface area contributed by atoms with Crippen molar-refractivity contribution in [1.82, 2.24) is 43.5 Å². The van der Waals surface area contributed by atoms with Gasteiger partial charge in [0, 0.05) is 56.0 Å². The quantitative estimate of drug-likeness (QED) is 0.0186. The van der Waals surface area contributed by atoms with Gasteiger partial charge in [0.1, 0.15) is 165 Å². The maximum atomic E-state index is 12.3. The number of H-pyrrole nitrogens is 4. The molecule has 0 bridgehead atoms. The van der Waals surface area contributed by atoms with E-state index in [1.54, 1.807) is 0 Å². The van der Waals surface area contributed by atoms with Crippen LogP contribution in [0.1, 0.15) is 31.8 Å². The number of nitrogens with one attached hydrogen (secondary N) is 5. The summed E-state index contributed by atoms with van der Waals surface area (Å²) in [5, 5.41) is 227. The second-order valence-corrected chi connectivity index (χ2v) is 43.0. The minimum Gasteiger partial charge on any atom is -0.756 e. The van der Waals surface area contributed by atoms with E-state index in [2.05, 4.69) is 63.5 Å². The smallest absolute Gasteiger partial charge is 0.335 e. The Bertz CT molecular complexity index is 5950. The number of nitrogens with zero attached hydrogens (tertiary/aromatic N) is 4. The molecule has 0 aliphatic carbocycles. The summed E-state index contributed by atoms with van der Waals surface area (Å²) in [4.78, 5) is 219. The number of aromatic nitrogens is 8. The summed E-state index contributed by atoms with van der Waals surface area (Å²) in [6, 6.07) is 1.87. The van der Waals surface area contributed by atoms with Crippen molar-refractivity contribution in [3.63, 3.8) is 0 Å². The number of carboxylic acids is 1. The van der Waals surface area contributed by atoms with Gasteiger partial charge in [0.05, 0.1) is 46.2 Å². The number of carbonyl (C=O) groups is 2. The number of aromatic amines is 4. The van der Waals surface area contributed by atoms with Crippen LogP contribution in [-0.2, 0) is 137 Å². The monoisotopic (exact) mass is 2310 g/mol. The van der Waals surface area contributed by atoms with E-state index in [1.807, 2.05) is 19.9 Å². The minimum absolute atomic E-state index is 0.674. The van der Waals surface area contributed by atoms with Crippen molar-refractivity contribution in [2.75, 3.05) is 46.2 Å². The van der Waals surface area contributed by atoms with Crippen LogP contribution in [-0.4, -0.2) is 410 Å². The van der Waals surface area contributed by atoms with Crippen molar-refractivity contribution in [3.05, 3.63) is 132 Å². The number of carboxylic acid groups (broad SMARTS) is 1. The van der Waals surface area contributed by atoms with Crippen LogP contribution < -0.4 is 89.5 Å². The maximum Gasteiger partial charge on any atom is 0.335 e. The third-order valence-electron chi connectivity index (χ3n) is 20.9. The van der Waals surface area contributed by atoms with Gasteiger partial charge in [-0.15, -0.1) is 0 Å². The predicted molar refractivity (Wildman–Crippen MR) is 430 cm³/mol. The second-order valence-electron chi connectivity index (χ2n) is 31.3. The van der Waals surface area contributed by atoms with Crippen LogP contribution in [0.15, 0.2) is 87.4 Å². The first kappa shape index (κ1) is 125. The van der Waals surface area contributed by atoms with Gasteiger partial charge in [-0.05, 0) is 0 Å². The van der Waals surface area contributed by atoms with Gasteiger partial charge in [-0.1, -0.05) is 0 Å². The summed E-state index contributed by atoms with van der Waals surface area (Å²) >= 11 is 0. The molecule has 4 aromatic heterocycles. The molecular weight excluding hydrogens is 2220 g/mol. The number of aliphatic hydroxyl groups is 22. The van der Waals surface area contributed by atoms with E-state index in [0.717, 1.165) is 56.0 Å². The van der Waals surface area contributed by atoms with Crippen LogP contribution in [0.5, 0.6) is 0 Å². The fourth-order valence-electron chi connectivity index (χ4n) is 13.7. The highest BCUT2D eigenvalue weighted by Gasteiger charge is 2.55. The Morgan fingerprint density at radius 2 is 0.520 bits per heavy atom. The Balaban J connectivity index is 0.000000219. The van der Waals surface area contributed by atoms with Gasteiger partial charge in [-0.25, -0.2) is 41.2 Å². The molecule has 148 heavy (non-hydrogen) atoms. The van der Waals surface area contributed by atoms with E-state index < -0.39 is 387 Å². The van der Waals surface area contributed by atoms with Crippen LogP contribution in [0.25, 0.3) is 0 Å². The third kappa shape index (κ3) is 32.4. The minimum atomic E-state index is -6.04. The second kappa shape index (κ2) is 51.0. The largest absolute Gasteiger partial charge is 0.756 e. The zero-order valence-electron chi connectivity index (χ0n) is 73.3. The van der Waals surface area contributed by atoms with Crippen LogP contribution in [0.3, 0.4) is 0 Å². The molecule has 0 saturated carbocycles. The van der Waals surface area contributed by atoms with Crippen LogP contribution in [0.2, 0.25) is 0 Å². The highest BCUT2D eigenvalue weighted by molar-refractivity contribution is 7.61. The van der Waals surface area contributed by atoms with Crippen molar-refractivity contribution in [3.8, 4) is 0 Å². The summed E-state index contributed by atoms with van der Waals surface area (Å²) in [5.41, 5.74) is -7.17. The number of hydrogen-bond acceptors (Lipinski definition) is 68. The van der Waals surface area contributed by atoms with Gasteiger partial charge in [0.25, 0.3) is 84.8 Å². The van der Waals surface area contributed by atoms with Crippen molar-refractivity contribution in [2.24, 2.45) is 0 Å². The summed E-state index contributed by atoms with van der Waals surface area (Å²) in [6.07, 6.45) is -62.8. The van der Waals surface area contributed by atoms with Crippen molar-refractivity contribution < 1.29 is 294 Å². The van der Waals surface area contributed by atoms with E-state index in [4.69, 9.17) is 48.5 Å². The molecule has 8 aliphatic heterocycles. The number of aliphatic hydroxyl groups excluding tert-OH is 22. The number of carbonyl (C=O) groups excluding carboxylic acids is 1. The van der Waals surface area contributed by atoms with E-state index in [9.17, 15) is 226 Å². The molecule has 8 fully saturated rings. The van der Waals surface area contributed by atoms with Gasteiger partial charge < -0.3 is 218 Å². The number of rotatable bonds is 37. The van der Waals surface area contributed by atoms with Crippen molar-refractivity contribution >= 4 is 74.5 Å². The molecule has 44 unspecified atom stereocenters. The normalized spacial score (nSPS) is 37.6. The summed E-state index contributed by atoms with van der Waals surface area (Å²) in [7, 11) is -47.1. The Morgan fingerprint density at radius 1 is 0.304 bits per heavy atom. The zero-order chi connectivity index (χ0) is 111. The van der Waals surface area contributed by atoms with Crippen LogP contribution in [0, 0.1) is 0 Å². The SMILES string of the molecule is CC(=O)NC1C(OP(=O)([O-])OP(=O)([O-])OCC2OC(n3ccc(=O)[nH]c3=O)C(O)C2O)OC(CO)C(O)C1O.O=C(O)C1OC(OP(=O)([O-])OP(=O)([O-])OCC2OC(n3ccc(=O)[nH]c3=O)C(O)C2O)C(O)C(O)C1O.O=c1ccn(C2OC(COP(=O)([O-])OP(=O)([O-])OC3OC(CO)C(O)C(O)C3O)C(O)C2O)c(=O)[nH]1.O=c1ccn(C2OC(COP(=O)([O-])OP(=O)([O-])OC3OC(CO)C(O)C(O)C3O)C(O)C2O)c(=O)[nH]1. The average molecular weight is 2310 g/mol. The molecule has 844 valence electrons. The molecule has 44 atom stereocenters. The highest BCUT2D eigenvalue weighted by atomic mass is 31.3. The van der Waals surface area contributed by atoms with Crippen molar-refractivity contribution in [1.29, 1.82) is 0 Å². The number of phosphoric acid groups is 8. The molecule has 4 aromatic rings. The molecule has 0 spiro atoms. The van der Waals surface area contributed by atoms with Gasteiger partial charge in [-0.2, -0.15) is 0 Å². The fraction of sp³-hybridized carbons (Fsp3) is 0.710. The summed E-state index contributed by atoms with van der Waals surface area (Å²) in [5.74, 6) is -2.71. The first-order chi connectivity index (χ1) is 68.4. The summed E-state index contributed by atoms with van der Waals surface area (Å²) < 4.78 is 189. The van der Waals surface area contributed by atoms with Gasteiger partial charge in [0.2, 0.25) is 5.91 Å². The zero-order valence-corrected chi connectivity index (χ0v) is 80.4. The lowest BCUT2D eigenvalue weighted by Gasteiger charge is -2.44. The van der Waals surface area contributed by atoms with Gasteiger partial charge in [0.15, 0.2) is 56.2 Å². The Hall–Kier alpha value is -6.50. The lowest BCUT2D eigenvalue weighted by atomic mass is 9.97. The molecule has 12 heterocycles. The molecule has 28 N–H and O–H groups in total. The van der Waals surface area contributed by atoms with Crippen LogP contribution in [0.4, 0.5) is 0 Å². The molecule has 78 nitrogen and oxygen atoms in total. The topological polar surface area (TPSA) is 1240 Å². The fourth-order valence-corrected chi connectivity index (χ4v) is 22.1. The third-order valence-corrected chi connectivity index (χ3v) is 31.1. The number of amides is 1. The predicted octanol–water partition coefficient (Wildman–Crippen LogP) is -24.0. The Labute approximate surface area is 815 Å². The number of hydrogen-bond donors (Lipinski definition) is 28. The number of ether oxygens (including phenoxy) is 8. The highest BCUT2D eigenvalue weighted by Crippen LogP contribution is 2.61. The molecular formula is C62H89N9O69P8-8. The first-order valence-electron chi connectivity index (χ1n) is 40.8. The maximum absolute atomic E-state index is 12.3. The molecule has 86 heteroatoms. The Morgan fingerprint density at radius 3 is 0.750 bits per heavy atom. The average Bonchev–Trinajstić information content (AvgIpc) is 1.07. The van der Waals surface area contributed by atoms with E-state index in [0.29, 0.717) is 18.3 Å². The van der Waals surface area contributed by atoms with Gasteiger partial charge in [-0.3, -0.25) is 117 Å². The molecule has 8 aliphatic rings. The molecule has 8 saturated heterocycles. The number of aliphatic carboxylic acids is 1. The van der Waals surface area contributed by atoms with Crippen molar-refractivity contribution in [2.45, 2.75) is 228 Å². The van der Waals surface area contributed by atoms with Gasteiger partial charge >= 0.3 is 28.7 Å². The Kier molecular flexibility index (Phi) is 43.1. The standard InChI is InChI=1S/C17H27N3O17P2.C15H22N2O18P2.2C15H24N2O17P2/c1-6(22)18-10-13(26)11(24)7(4-21)35-16(10)36-39(31,32)37-38(29,30)33-5-8-12(25)14(27)15(34-8)20-3-2-9(23)19-17(20)28;18-5-1-2-17(15(26)16-5)12-9(22)6(19)4(32-12)3-31-36(27,28)35-37(29,30)34-14-10(23)7(20)8(21)11(33-14)13(24)25;2*18-3-5-8(20)10(22)12(24)14(32-5)33-36(28,29)34-35(26,27)30-4-6-9(21)11(23)13(31-6)17-2-1-7(19)16-15(17)25/h2-3,7-8,10-16,21,24-27H,4-5H2,1H3,(H,18,22)(H,29,30)(H,31,32)(H,19,23,28);1-2,4,6-12,14,19-23H,3H2,(H,24,25)(H,27,28)(H,29,30)(H,16,18,26);2*1-2,5-6,8-14,18,20-24H,3-4H2,(H,26,27)(H,28,29)(H,16,19,25)/p-8. The first-order valence-corrected chi connectivity index (χ1v) is 52.5.